The molecule has 0 radical (unpaired) electrons. The average molecular weight is 465 g/mol. The normalized spacial score (nSPS) is 43.0. The summed E-state index contributed by atoms with van der Waals surface area (Å²) in [4.78, 5) is 11.1. The Morgan fingerprint density at radius 2 is 1.70 bits per heavy atom. The van der Waals surface area contributed by atoms with E-state index in [0.717, 1.165) is 44.1 Å². The van der Waals surface area contributed by atoms with Gasteiger partial charge in [0.05, 0.1) is 5.92 Å². The van der Waals surface area contributed by atoms with E-state index in [1.807, 2.05) is 0 Å². The van der Waals surface area contributed by atoms with Gasteiger partial charge < -0.3 is 25.5 Å². The van der Waals surface area contributed by atoms with Crippen molar-refractivity contribution in [3.63, 3.8) is 0 Å². The second-order valence-electron chi connectivity index (χ2n) is 12.6. The van der Waals surface area contributed by atoms with Gasteiger partial charge in [-0.15, -0.1) is 0 Å². The van der Waals surface area contributed by atoms with Gasteiger partial charge >= 0.3 is 5.97 Å². The summed E-state index contributed by atoms with van der Waals surface area (Å²) in [5, 5.41) is 52.2. The molecule has 0 saturated heterocycles. The van der Waals surface area contributed by atoms with Crippen LogP contribution in [0.15, 0.2) is 11.6 Å². The quantitative estimate of drug-likeness (QED) is 0.299. The first-order chi connectivity index (χ1) is 15.2. The molecule has 33 heavy (non-hydrogen) atoms. The lowest BCUT2D eigenvalue weighted by atomic mass is 9.45. The molecule has 6 heteroatoms. The lowest BCUT2D eigenvalue weighted by Gasteiger charge is -2.61. The Bertz CT molecular complexity index is 802. The van der Waals surface area contributed by atoms with E-state index in [4.69, 9.17) is 5.11 Å². The Balaban J connectivity index is 1.54. The molecule has 8 atom stereocenters. The molecule has 4 rings (SSSR count). The van der Waals surface area contributed by atoms with Crippen LogP contribution in [0.25, 0.3) is 0 Å². The highest BCUT2D eigenvalue weighted by molar-refractivity contribution is 5.69. The van der Waals surface area contributed by atoms with E-state index in [0.29, 0.717) is 31.1 Å². The van der Waals surface area contributed by atoms with Crippen LogP contribution in [0.4, 0.5) is 0 Å². The van der Waals surface area contributed by atoms with Crippen LogP contribution in [0.3, 0.4) is 0 Å². The summed E-state index contributed by atoms with van der Waals surface area (Å²) in [6, 6.07) is 0. The maximum atomic E-state index is 11.3. The van der Waals surface area contributed by atoms with Gasteiger partial charge in [0.2, 0.25) is 0 Å². The Morgan fingerprint density at radius 1 is 1.00 bits per heavy atom. The average Bonchev–Trinajstić information content (AvgIpc) is 3.05. The maximum absolute atomic E-state index is 11.3. The largest absolute Gasteiger partial charge is 0.481 e. The van der Waals surface area contributed by atoms with E-state index in [1.54, 1.807) is 13.0 Å². The molecule has 0 aromatic carbocycles. The smallest absolute Gasteiger partial charge is 0.306 e. The van der Waals surface area contributed by atoms with Crippen molar-refractivity contribution in [2.75, 3.05) is 0 Å². The molecule has 4 aliphatic carbocycles. The van der Waals surface area contributed by atoms with Crippen LogP contribution < -0.4 is 0 Å². The summed E-state index contributed by atoms with van der Waals surface area (Å²) >= 11 is 0. The molecule has 0 aromatic heterocycles. The SMILES string of the molecule is C[C@H](CCC[C@@H](C)[C@H]1CC[C@H]2[C@H]3[C@H](CC[C@]12C)[C@@]1(C)CCC(O)(O)CC1=CC3(O)O)C(=O)O. The van der Waals surface area contributed by atoms with Crippen molar-refractivity contribution in [1.29, 1.82) is 0 Å². The van der Waals surface area contributed by atoms with E-state index in [2.05, 4.69) is 20.8 Å². The molecule has 0 spiro atoms. The van der Waals surface area contributed by atoms with E-state index < -0.39 is 17.5 Å². The first kappa shape index (κ1) is 25.2. The Kier molecular flexibility index (Phi) is 6.34. The number of hydrogen-bond acceptors (Lipinski definition) is 5. The van der Waals surface area contributed by atoms with E-state index in [-0.39, 0.29) is 40.9 Å². The predicted molar refractivity (Wildman–Crippen MR) is 125 cm³/mol. The van der Waals surface area contributed by atoms with Crippen molar-refractivity contribution in [3.05, 3.63) is 11.6 Å². The van der Waals surface area contributed by atoms with Crippen LogP contribution in [0.2, 0.25) is 0 Å². The van der Waals surface area contributed by atoms with Crippen molar-refractivity contribution in [3.8, 4) is 0 Å². The van der Waals surface area contributed by atoms with Crippen LogP contribution in [0, 0.1) is 46.3 Å². The summed E-state index contributed by atoms with van der Waals surface area (Å²) in [6.45, 7) is 8.62. The summed E-state index contributed by atoms with van der Waals surface area (Å²) in [6.07, 6.45) is 9.32. The minimum absolute atomic E-state index is 0.0454. The molecule has 0 aromatic rings. The van der Waals surface area contributed by atoms with E-state index in [1.165, 1.54) is 0 Å². The molecule has 0 heterocycles. The first-order valence-electron chi connectivity index (χ1n) is 13.1. The summed E-state index contributed by atoms with van der Waals surface area (Å²) < 4.78 is 0. The van der Waals surface area contributed by atoms with Crippen molar-refractivity contribution < 1.29 is 30.3 Å². The van der Waals surface area contributed by atoms with Gasteiger partial charge in [0.15, 0.2) is 11.6 Å². The molecule has 3 fully saturated rings. The zero-order chi connectivity index (χ0) is 24.4. The van der Waals surface area contributed by atoms with Crippen LogP contribution in [-0.2, 0) is 4.79 Å². The van der Waals surface area contributed by atoms with Crippen molar-refractivity contribution in [1.82, 2.24) is 0 Å². The molecule has 4 aliphatic rings. The highest BCUT2D eigenvalue weighted by Crippen LogP contribution is 2.69. The summed E-state index contributed by atoms with van der Waals surface area (Å²) in [5.74, 6) is -3.61. The molecule has 3 saturated carbocycles. The summed E-state index contributed by atoms with van der Waals surface area (Å²) in [7, 11) is 0. The molecule has 0 unspecified atom stereocenters. The number of fused-ring (bicyclic) bond motifs is 5. The van der Waals surface area contributed by atoms with Gasteiger partial charge in [-0.1, -0.05) is 46.1 Å². The number of carboxylic acids is 1. The third kappa shape index (κ3) is 4.19. The number of hydrogen-bond donors (Lipinski definition) is 5. The fraction of sp³-hybridized carbons (Fsp3) is 0.889. The minimum Gasteiger partial charge on any atom is -0.481 e. The number of aliphatic carboxylic acids is 1. The molecule has 5 N–H and O–H groups in total. The van der Waals surface area contributed by atoms with Gasteiger partial charge in [-0.2, -0.15) is 0 Å². The summed E-state index contributed by atoms with van der Waals surface area (Å²) in [5.41, 5.74) is 0.625. The molecule has 188 valence electrons. The number of aliphatic hydroxyl groups is 4. The molecular formula is C27H44O6. The third-order valence-electron chi connectivity index (χ3n) is 10.7. The van der Waals surface area contributed by atoms with Gasteiger partial charge in [-0.3, -0.25) is 4.79 Å². The van der Waals surface area contributed by atoms with Gasteiger partial charge in [0.25, 0.3) is 0 Å². The van der Waals surface area contributed by atoms with Crippen LogP contribution >= 0.6 is 0 Å². The van der Waals surface area contributed by atoms with Gasteiger partial charge in [-0.25, -0.2) is 0 Å². The fourth-order valence-electron chi connectivity index (χ4n) is 8.70. The van der Waals surface area contributed by atoms with Crippen molar-refractivity contribution in [2.45, 2.75) is 103 Å². The zero-order valence-electron chi connectivity index (χ0n) is 20.8. The molecule has 0 bridgehead atoms. The van der Waals surface area contributed by atoms with Crippen LogP contribution in [0.5, 0.6) is 0 Å². The topological polar surface area (TPSA) is 118 Å². The minimum atomic E-state index is -1.92. The fourth-order valence-corrected chi connectivity index (χ4v) is 8.70. The Morgan fingerprint density at radius 3 is 2.36 bits per heavy atom. The second kappa shape index (κ2) is 8.32. The maximum Gasteiger partial charge on any atom is 0.306 e. The Labute approximate surface area is 198 Å². The third-order valence-corrected chi connectivity index (χ3v) is 10.7. The van der Waals surface area contributed by atoms with Gasteiger partial charge in [0, 0.05) is 18.8 Å². The molecule has 0 amide bonds. The highest BCUT2D eigenvalue weighted by Gasteiger charge is 2.65. The first-order valence-corrected chi connectivity index (χ1v) is 13.1. The standard InChI is InChI=1S/C27H44O6/c1-16(6-5-7-17(2)23(28)29)19-8-9-20-22-21(10-11-25(19,20)4)24(3)12-13-26(30,31)14-18(24)15-27(22,32)33/h15-17,19-22,30-33H,5-14H2,1-4H3,(H,28,29)/t16-,17-,19-,20+,21+,22+,24+,25-/m1/s1. The lowest BCUT2D eigenvalue weighted by Crippen LogP contribution is -2.60. The lowest BCUT2D eigenvalue weighted by molar-refractivity contribution is -0.246. The van der Waals surface area contributed by atoms with Crippen LogP contribution in [-0.4, -0.2) is 43.1 Å². The predicted octanol–water partition coefficient (Wildman–Crippen LogP) is 4.06. The van der Waals surface area contributed by atoms with Gasteiger partial charge in [-0.05, 0) is 79.1 Å². The number of rotatable bonds is 6. The van der Waals surface area contributed by atoms with Gasteiger partial charge in [0.1, 0.15) is 0 Å². The number of carboxylic acid groups (broad SMARTS) is 1. The van der Waals surface area contributed by atoms with Crippen molar-refractivity contribution >= 4 is 5.97 Å². The van der Waals surface area contributed by atoms with Crippen molar-refractivity contribution in [2.24, 2.45) is 46.3 Å². The molecule has 0 aliphatic heterocycles. The monoisotopic (exact) mass is 464 g/mol. The highest BCUT2D eigenvalue weighted by atomic mass is 16.5. The van der Waals surface area contributed by atoms with E-state index in [9.17, 15) is 25.2 Å². The molecule has 6 nitrogen and oxygen atoms in total. The molecular weight excluding hydrogens is 420 g/mol. The zero-order valence-corrected chi connectivity index (χ0v) is 20.8. The second-order valence-corrected chi connectivity index (χ2v) is 12.6. The Hall–Kier alpha value is -0.950. The van der Waals surface area contributed by atoms with E-state index >= 15 is 0 Å². The van der Waals surface area contributed by atoms with Crippen LogP contribution in [0.1, 0.15) is 91.9 Å². The number of carbonyl (C=O) groups is 1.